The van der Waals surface area contributed by atoms with Crippen molar-refractivity contribution in [2.45, 2.75) is 6.54 Å². The third-order valence-electron chi connectivity index (χ3n) is 4.97. The van der Waals surface area contributed by atoms with Crippen molar-refractivity contribution in [2.75, 3.05) is 0 Å². The van der Waals surface area contributed by atoms with Gasteiger partial charge < -0.3 is 5.32 Å². The summed E-state index contributed by atoms with van der Waals surface area (Å²) in [5.41, 5.74) is 2.75. The molecule has 0 aliphatic heterocycles. The number of nitrogens with zero attached hydrogens (tertiary/aromatic N) is 5. The van der Waals surface area contributed by atoms with Crippen molar-refractivity contribution in [3.63, 3.8) is 0 Å². The van der Waals surface area contributed by atoms with E-state index in [1.807, 2.05) is 0 Å². The van der Waals surface area contributed by atoms with E-state index in [-0.39, 0.29) is 29.8 Å². The van der Waals surface area contributed by atoms with Crippen LogP contribution in [-0.4, -0.2) is 30.1 Å². The van der Waals surface area contributed by atoms with Crippen LogP contribution in [0, 0.1) is 11.6 Å². The molecule has 3 heterocycles. The second kappa shape index (κ2) is 8.03. The highest BCUT2D eigenvalue weighted by atomic mass is 19.1. The van der Waals surface area contributed by atoms with Gasteiger partial charge in [0.2, 0.25) is 0 Å². The van der Waals surface area contributed by atoms with Crippen LogP contribution in [0.3, 0.4) is 0 Å². The molecule has 3 aromatic heterocycles. The van der Waals surface area contributed by atoms with E-state index in [1.165, 1.54) is 24.3 Å². The molecule has 0 atom stereocenters. The van der Waals surface area contributed by atoms with Crippen LogP contribution >= 0.6 is 0 Å². The molecule has 0 spiro atoms. The van der Waals surface area contributed by atoms with Crippen LogP contribution in [0.25, 0.3) is 22.7 Å². The van der Waals surface area contributed by atoms with Crippen LogP contribution in [0.2, 0.25) is 0 Å². The Morgan fingerprint density at radius 3 is 2.41 bits per heavy atom. The molecule has 2 aromatic carbocycles. The first-order valence-corrected chi connectivity index (χ1v) is 9.75. The first kappa shape index (κ1) is 19.6. The van der Waals surface area contributed by atoms with Crippen molar-refractivity contribution in [1.82, 2.24) is 29.5 Å². The monoisotopic (exact) mass is 430 g/mol. The van der Waals surface area contributed by atoms with E-state index in [1.54, 1.807) is 64.2 Å². The number of hydrogen-bond donors (Lipinski definition) is 1. The fraction of sp³-hybridized carbons (Fsp3) is 0.0435. The number of hydrogen-bond acceptors (Lipinski definition) is 4. The minimum Gasteiger partial charge on any atom is -0.347 e. The number of amides is 1. The van der Waals surface area contributed by atoms with Gasteiger partial charge in [-0.3, -0.25) is 14.2 Å². The van der Waals surface area contributed by atoms with Crippen LogP contribution in [0.4, 0.5) is 8.78 Å². The fourth-order valence-corrected chi connectivity index (χ4v) is 3.42. The summed E-state index contributed by atoms with van der Waals surface area (Å²) < 4.78 is 29.8. The average Bonchev–Trinajstić information content (AvgIpc) is 3.44. The summed E-state index contributed by atoms with van der Waals surface area (Å²) in [5, 5.41) is 7.14. The Labute approximate surface area is 181 Å². The minimum absolute atomic E-state index is 0.196. The van der Waals surface area contributed by atoms with Crippen LogP contribution in [-0.2, 0) is 6.54 Å². The van der Waals surface area contributed by atoms with Gasteiger partial charge in [0.15, 0.2) is 11.5 Å². The molecule has 1 N–H and O–H groups in total. The highest BCUT2D eigenvalue weighted by molar-refractivity contribution is 5.99. The van der Waals surface area contributed by atoms with Crippen LogP contribution in [0.15, 0.2) is 79.4 Å². The smallest absolute Gasteiger partial charge is 0.272 e. The maximum Gasteiger partial charge on any atom is 0.272 e. The molecule has 5 aromatic rings. The van der Waals surface area contributed by atoms with Gasteiger partial charge in [-0.1, -0.05) is 12.1 Å². The van der Waals surface area contributed by atoms with Gasteiger partial charge in [0.25, 0.3) is 5.91 Å². The predicted octanol–water partition coefficient (Wildman–Crippen LogP) is 3.79. The topological polar surface area (TPSA) is 77.1 Å². The molecule has 0 unspecified atom stereocenters. The maximum absolute atomic E-state index is 13.4. The SMILES string of the molecule is O=C(NCc1ccc(F)cc1)c1nc(-c2ccnn2-c2ccc(F)cc2)n2ccncc12. The Hall–Kier alpha value is -4.40. The lowest BCUT2D eigenvalue weighted by atomic mass is 10.2. The first-order chi connectivity index (χ1) is 15.6. The van der Waals surface area contributed by atoms with Gasteiger partial charge in [0.05, 0.1) is 23.6 Å². The molecule has 32 heavy (non-hydrogen) atoms. The van der Waals surface area contributed by atoms with Gasteiger partial charge in [0, 0.05) is 18.9 Å². The van der Waals surface area contributed by atoms with Crippen molar-refractivity contribution in [2.24, 2.45) is 0 Å². The lowest BCUT2D eigenvalue weighted by Gasteiger charge is -2.06. The zero-order valence-corrected chi connectivity index (χ0v) is 16.6. The summed E-state index contributed by atoms with van der Waals surface area (Å²) in [5.74, 6) is -0.594. The molecule has 1 amide bonds. The van der Waals surface area contributed by atoms with Crippen molar-refractivity contribution >= 4 is 11.4 Å². The number of fused-ring (bicyclic) bond motifs is 1. The summed E-state index contributed by atoms with van der Waals surface area (Å²) in [6.45, 7) is 0.223. The highest BCUT2D eigenvalue weighted by Crippen LogP contribution is 2.25. The van der Waals surface area contributed by atoms with Gasteiger partial charge >= 0.3 is 0 Å². The van der Waals surface area contributed by atoms with E-state index >= 15 is 0 Å². The van der Waals surface area contributed by atoms with E-state index in [0.29, 0.717) is 22.7 Å². The Balaban J connectivity index is 1.51. The Bertz CT molecular complexity index is 1410. The van der Waals surface area contributed by atoms with Gasteiger partial charge in [-0.25, -0.2) is 18.4 Å². The molecule has 0 fully saturated rings. The molecule has 5 rings (SSSR count). The van der Waals surface area contributed by atoms with Gasteiger partial charge in [0.1, 0.15) is 17.3 Å². The maximum atomic E-state index is 13.4. The molecule has 0 bridgehead atoms. The molecule has 0 aliphatic carbocycles. The highest BCUT2D eigenvalue weighted by Gasteiger charge is 2.21. The predicted molar refractivity (Wildman–Crippen MR) is 113 cm³/mol. The first-order valence-electron chi connectivity index (χ1n) is 9.75. The van der Waals surface area contributed by atoms with E-state index in [0.717, 1.165) is 5.56 Å². The molecule has 0 saturated carbocycles. The Kier molecular flexibility index (Phi) is 4.91. The number of carbonyl (C=O) groups is 1. The number of imidazole rings is 1. The summed E-state index contributed by atoms with van der Waals surface area (Å²) in [4.78, 5) is 21.6. The molecular weight excluding hydrogens is 414 g/mol. The number of rotatable bonds is 5. The van der Waals surface area contributed by atoms with Crippen LogP contribution in [0.5, 0.6) is 0 Å². The third kappa shape index (κ3) is 3.60. The molecule has 0 aliphatic rings. The number of carbonyl (C=O) groups excluding carboxylic acids is 1. The molecular formula is C23H16F2N6O. The second-order valence-electron chi connectivity index (χ2n) is 7.03. The molecule has 0 radical (unpaired) electrons. The van der Waals surface area contributed by atoms with Crippen molar-refractivity contribution < 1.29 is 13.6 Å². The third-order valence-corrected chi connectivity index (χ3v) is 4.97. The normalized spacial score (nSPS) is 11.1. The number of aromatic nitrogens is 5. The lowest BCUT2D eigenvalue weighted by molar-refractivity contribution is 0.0948. The van der Waals surface area contributed by atoms with Crippen LogP contribution < -0.4 is 5.32 Å². The summed E-state index contributed by atoms with van der Waals surface area (Å²) in [6, 6.07) is 13.6. The number of benzene rings is 2. The van der Waals surface area contributed by atoms with E-state index in [9.17, 15) is 13.6 Å². The second-order valence-corrected chi connectivity index (χ2v) is 7.03. The van der Waals surface area contributed by atoms with E-state index < -0.39 is 0 Å². The summed E-state index contributed by atoms with van der Waals surface area (Å²) in [6.07, 6.45) is 6.46. The number of nitrogens with one attached hydrogen (secondary N) is 1. The van der Waals surface area contributed by atoms with Crippen molar-refractivity contribution in [1.29, 1.82) is 0 Å². The quantitative estimate of drug-likeness (QED) is 0.460. The summed E-state index contributed by atoms with van der Waals surface area (Å²) in [7, 11) is 0. The van der Waals surface area contributed by atoms with E-state index in [2.05, 4.69) is 20.4 Å². The Morgan fingerprint density at radius 1 is 0.938 bits per heavy atom. The largest absolute Gasteiger partial charge is 0.347 e. The van der Waals surface area contributed by atoms with Crippen LogP contribution in [0.1, 0.15) is 16.1 Å². The van der Waals surface area contributed by atoms with Gasteiger partial charge in [-0.15, -0.1) is 0 Å². The van der Waals surface area contributed by atoms with E-state index in [4.69, 9.17) is 0 Å². The molecule has 0 saturated heterocycles. The van der Waals surface area contributed by atoms with Crippen molar-refractivity contribution in [3.05, 3.63) is 102 Å². The number of halogens is 2. The van der Waals surface area contributed by atoms with Gasteiger partial charge in [-0.05, 0) is 48.0 Å². The lowest BCUT2D eigenvalue weighted by Crippen LogP contribution is -2.23. The fourth-order valence-electron chi connectivity index (χ4n) is 3.42. The average molecular weight is 430 g/mol. The summed E-state index contributed by atoms with van der Waals surface area (Å²) >= 11 is 0. The molecule has 7 nitrogen and oxygen atoms in total. The zero-order valence-electron chi connectivity index (χ0n) is 16.6. The zero-order chi connectivity index (χ0) is 22.1. The Morgan fingerprint density at radius 2 is 1.66 bits per heavy atom. The van der Waals surface area contributed by atoms with Crippen molar-refractivity contribution in [3.8, 4) is 17.2 Å². The molecule has 9 heteroatoms. The molecule has 158 valence electrons. The standard InChI is InChI=1S/C23H16F2N6O/c24-16-3-1-15(2-4-16)13-27-23(32)21-20-14-26-11-12-30(20)22(29-21)19-9-10-28-31(19)18-7-5-17(25)6-8-18/h1-12,14H,13H2,(H,27,32). The minimum atomic E-state index is -0.390. The van der Waals surface area contributed by atoms with Gasteiger partial charge in [-0.2, -0.15) is 5.10 Å².